The molecule has 164 valence electrons. The second-order valence-corrected chi connectivity index (χ2v) is 7.77. The number of phenols is 2. The highest BCUT2D eigenvalue weighted by Crippen LogP contribution is 2.37. The van der Waals surface area contributed by atoms with Gasteiger partial charge in [0.15, 0.2) is 29.3 Å². The molecule has 2 N–H and O–H groups in total. The maximum atomic E-state index is 9.90. The van der Waals surface area contributed by atoms with Crippen molar-refractivity contribution in [2.75, 3.05) is 27.4 Å². The van der Waals surface area contributed by atoms with Gasteiger partial charge in [-0.1, -0.05) is 25.5 Å². The van der Waals surface area contributed by atoms with E-state index in [1.165, 1.54) is 0 Å². The normalized spacial score (nSPS) is 21.0. The number of aromatic hydroxyl groups is 2. The lowest BCUT2D eigenvalue weighted by Gasteiger charge is -2.24. The molecule has 3 rings (SSSR count). The zero-order valence-electron chi connectivity index (χ0n) is 18.0. The Hall–Kier alpha value is -2.44. The highest BCUT2D eigenvalue weighted by Gasteiger charge is 2.38. The maximum absolute atomic E-state index is 9.90. The summed E-state index contributed by atoms with van der Waals surface area (Å²) in [6.07, 6.45) is 3.36. The zero-order valence-corrected chi connectivity index (χ0v) is 18.0. The summed E-state index contributed by atoms with van der Waals surface area (Å²) in [4.78, 5) is 0. The Morgan fingerprint density at radius 2 is 1.53 bits per heavy atom. The van der Waals surface area contributed by atoms with E-state index in [1.807, 2.05) is 24.3 Å². The molecule has 2 aromatic carbocycles. The molecule has 0 amide bonds. The molecule has 1 heterocycles. The van der Waals surface area contributed by atoms with Crippen LogP contribution in [0.5, 0.6) is 23.0 Å². The molecule has 2 aromatic rings. The standard InChI is InChI=1S/C24H32O6/c1-4-5-10-29-24-19(12-17-7-9-21(26)23(14-17)28-3)18(15-30-24)11-16-6-8-20(25)22(13-16)27-2/h6-9,13-14,18-19,24-26H,4-5,10-12,15H2,1-3H3/t18-,19+,24-/m0/s1. The molecule has 3 atom stereocenters. The lowest BCUT2D eigenvalue weighted by atomic mass is 9.84. The summed E-state index contributed by atoms with van der Waals surface area (Å²) in [6, 6.07) is 10.9. The first kappa shape index (κ1) is 22.2. The molecular weight excluding hydrogens is 384 g/mol. The Labute approximate surface area is 178 Å². The molecule has 1 aliphatic rings. The number of hydrogen-bond acceptors (Lipinski definition) is 6. The lowest BCUT2D eigenvalue weighted by Crippen LogP contribution is -2.27. The summed E-state index contributed by atoms with van der Waals surface area (Å²) in [5.41, 5.74) is 2.15. The molecule has 0 spiro atoms. The van der Waals surface area contributed by atoms with Crippen molar-refractivity contribution in [2.24, 2.45) is 11.8 Å². The third-order valence-corrected chi connectivity index (χ3v) is 5.67. The predicted octanol–water partition coefficient (Wildman–Crippen LogP) is 4.31. The molecule has 6 heteroatoms. The largest absolute Gasteiger partial charge is 0.504 e. The van der Waals surface area contributed by atoms with Gasteiger partial charge >= 0.3 is 0 Å². The Morgan fingerprint density at radius 1 is 0.933 bits per heavy atom. The van der Waals surface area contributed by atoms with Crippen LogP contribution in [0.1, 0.15) is 30.9 Å². The molecule has 1 saturated heterocycles. The number of ether oxygens (including phenoxy) is 4. The minimum atomic E-state index is -0.264. The zero-order chi connectivity index (χ0) is 21.5. The Morgan fingerprint density at radius 3 is 2.10 bits per heavy atom. The van der Waals surface area contributed by atoms with Crippen molar-refractivity contribution in [1.82, 2.24) is 0 Å². The molecular formula is C24H32O6. The van der Waals surface area contributed by atoms with E-state index in [9.17, 15) is 10.2 Å². The SMILES string of the molecule is CCCCO[C@H]1OC[C@H](Cc2ccc(O)c(OC)c2)[C@H]1Cc1ccc(O)c(OC)c1. The van der Waals surface area contributed by atoms with E-state index in [0.717, 1.165) is 36.8 Å². The minimum absolute atomic E-state index is 0.132. The number of unbranched alkanes of at least 4 members (excludes halogenated alkanes) is 1. The van der Waals surface area contributed by atoms with Gasteiger partial charge in [-0.05, 0) is 60.6 Å². The predicted molar refractivity (Wildman–Crippen MR) is 114 cm³/mol. The van der Waals surface area contributed by atoms with Gasteiger partial charge in [0.25, 0.3) is 0 Å². The van der Waals surface area contributed by atoms with Crippen LogP contribution in [0.15, 0.2) is 36.4 Å². The number of benzene rings is 2. The van der Waals surface area contributed by atoms with Crippen LogP contribution < -0.4 is 9.47 Å². The molecule has 1 aliphatic heterocycles. The van der Waals surface area contributed by atoms with Gasteiger partial charge in [-0.3, -0.25) is 0 Å². The van der Waals surface area contributed by atoms with Crippen LogP contribution in [0.2, 0.25) is 0 Å². The van der Waals surface area contributed by atoms with Gasteiger partial charge in [0.2, 0.25) is 0 Å². The van der Waals surface area contributed by atoms with E-state index in [1.54, 1.807) is 26.4 Å². The van der Waals surface area contributed by atoms with Gasteiger partial charge in [0, 0.05) is 12.5 Å². The highest BCUT2D eigenvalue weighted by atomic mass is 16.7. The fourth-order valence-corrected chi connectivity index (χ4v) is 3.95. The van der Waals surface area contributed by atoms with Crippen LogP contribution in [-0.2, 0) is 22.3 Å². The topological polar surface area (TPSA) is 77.4 Å². The summed E-state index contributed by atoms with van der Waals surface area (Å²) < 4.78 is 22.6. The van der Waals surface area contributed by atoms with E-state index < -0.39 is 0 Å². The Bertz CT molecular complexity index is 821. The molecule has 0 unspecified atom stereocenters. The number of hydrogen-bond donors (Lipinski definition) is 2. The van der Waals surface area contributed by atoms with Crippen LogP contribution in [-0.4, -0.2) is 43.9 Å². The lowest BCUT2D eigenvalue weighted by molar-refractivity contribution is -0.131. The highest BCUT2D eigenvalue weighted by molar-refractivity contribution is 5.43. The summed E-state index contributed by atoms with van der Waals surface area (Å²) in [6.45, 7) is 3.43. The molecule has 0 bridgehead atoms. The van der Waals surface area contributed by atoms with Crippen molar-refractivity contribution in [3.63, 3.8) is 0 Å². The molecule has 0 saturated carbocycles. The van der Waals surface area contributed by atoms with Crippen molar-refractivity contribution in [3.05, 3.63) is 47.5 Å². The third kappa shape index (κ3) is 5.37. The molecule has 30 heavy (non-hydrogen) atoms. The first-order chi connectivity index (χ1) is 14.5. The minimum Gasteiger partial charge on any atom is -0.504 e. The summed E-state index contributed by atoms with van der Waals surface area (Å²) in [5.74, 6) is 1.63. The van der Waals surface area contributed by atoms with Crippen molar-refractivity contribution >= 4 is 0 Å². The van der Waals surface area contributed by atoms with Crippen LogP contribution in [0.3, 0.4) is 0 Å². The monoisotopic (exact) mass is 416 g/mol. The third-order valence-electron chi connectivity index (χ3n) is 5.67. The van der Waals surface area contributed by atoms with Crippen molar-refractivity contribution in [1.29, 1.82) is 0 Å². The van der Waals surface area contributed by atoms with E-state index in [0.29, 0.717) is 24.7 Å². The van der Waals surface area contributed by atoms with Crippen molar-refractivity contribution in [2.45, 2.75) is 38.9 Å². The second-order valence-electron chi connectivity index (χ2n) is 7.77. The molecule has 0 aromatic heterocycles. The number of methoxy groups -OCH3 is 2. The van der Waals surface area contributed by atoms with Crippen LogP contribution in [0.25, 0.3) is 0 Å². The molecule has 6 nitrogen and oxygen atoms in total. The van der Waals surface area contributed by atoms with Gasteiger partial charge in [-0.2, -0.15) is 0 Å². The average molecular weight is 417 g/mol. The van der Waals surface area contributed by atoms with Gasteiger partial charge in [-0.25, -0.2) is 0 Å². The average Bonchev–Trinajstić information content (AvgIpc) is 3.12. The van der Waals surface area contributed by atoms with Crippen molar-refractivity contribution < 1.29 is 29.2 Å². The smallest absolute Gasteiger partial charge is 0.161 e. The van der Waals surface area contributed by atoms with Gasteiger partial charge in [-0.15, -0.1) is 0 Å². The van der Waals surface area contributed by atoms with E-state index in [-0.39, 0.29) is 29.6 Å². The van der Waals surface area contributed by atoms with Crippen LogP contribution >= 0.6 is 0 Å². The van der Waals surface area contributed by atoms with E-state index in [4.69, 9.17) is 18.9 Å². The first-order valence-electron chi connectivity index (χ1n) is 10.5. The summed E-state index contributed by atoms with van der Waals surface area (Å²) in [5, 5.41) is 19.8. The van der Waals surface area contributed by atoms with Crippen LogP contribution in [0, 0.1) is 11.8 Å². The second kappa shape index (κ2) is 10.5. The fraction of sp³-hybridized carbons (Fsp3) is 0.500. The van der Waals surface area contributed by atoms with E-state index >= 15 is 0 Å². The fourth-order valence-electron chi connectivity index (χ4n) is 3.95. The number of phenolic OH excluding ortho intramolecular Hbond substituents is 2. The Balaban J connectivity index is 1.78. The first-order valence-corrected chi connectivity index (χ1v) is 10.5. The summed E-state index contributed by atoms with van der Waals surface area (Å²) in [7, 11) is 3.10. The summed E-state index contributed by atoms with van der Waals surface area (Å²) >= 11 is 0. The quantitative estimate of drug-likeness (QED) is 0.562. The maximum Gasteiger partial charge on any atom is 0.161 e. The van der Waals surface area contributed by atoms with Crippen molar-refractivity contribution in [3.8, 4) is 23.0 Å². The van der Waals surface area contributed by atoms with E-state index in [2.05, 4.69) is 6.92 Å². The Kier molecular flexibility index (Phi) is 7.82. The van der Waals surface area contributed by atoms with Gasteiger partial charge < -0.3 is 29.2 Å². The molecule has 0 aliphatic carbocycles. The molecule has 0 radical (unpaired) electrons. The van der Waals surface area contributed by atoms with Gasteiger partial charge in [0.05, 0.1) is 20.8 Å². The van der Waals surface area contributed by atoms with Crippen LogP contribution in [0.4, 0.5) is 0 Å². The number of rotatable bonds is 10. The molecule has 1 fully saturated rings. The van der Waals surface area contributed by atoms with Gasteiger partial charge in [0.1, 0.15) is 0 Å².